The zero-order chi connectivity index (χ0) is 24.4. The number of aromatic nitrogens is 3. The molecule has 6 heteroatoms. The van der Waals surface area contributed by atoms with Crippen LogP contribution < -0.4 is 4.74 Å². The summed E-state index contributed by atoms with van der Waals surface area (Å²) in [6.45, 7) is 5.36. The third kappa shape index (κ3) is 4.92. The number of pyridine rings is 1. The van der Waals surface area contributed by atoms with Crippen LogP contribution in [0.3, 0.4) is 0 Å². The van der Waals surface area contributed by atoms with Crippen LogP contribution >= 0.6 is 0 Å². The maximum atomic E-state index is 12.4. The second-order valence-corrected chi connectivity index (χ2v) is 9.14. The zero-order valence-corrected chi connectivity index (χ0v) is 19.8. The number of carbonyl (C=O) groups excluding carboxylic acids is 1. The van der Waals surface area contributed by atoms with Crippen LogP contribution in [0.1, 0.15) is 20.8 Å². The monoisotopic (exact) mass is 463 g/mol. The summed E-state index contributed by atoms with van der Waals surface area (Å²) in [5.74, 6) is 0.756. The minimum absolute atomic E-state index is 0.225. The summed E-state index contributed by atoms with van der Waals surface area (Å²) < 4.78 is 12.4. The van der Waals surface area contributed by atoms with Crippen molar-refractivity contribution in [2.45, 2.75) is 26.4 Å². The molecule has 0 fully saturated rings. The van der Waals surface area contributed by atoms with E-state index in [4.69, 9.17) is 14.6 Å². The molecule has 174 valence electrons. The van der Waals surface area contributed by atoms with Gasteiger partial charge in [0.1, 0.15) is 5.60 Å². The average molecular weight is 464 g/mol. The maximum absolute atomic E-state index is 12.4. The molecule has 0 aliphatic carbocycles. The van der Waals surface area contributed by atoms with Gasteiger partial charge in [-0.15, -0.1) is 0 Å². The molecular formula is C29H25N3O3. The summed E-state index contributed by atoms with van der Waals surface area (Å²) in [4.78, 5) is 16.8. The van der Waals surface area contributed by atoms with Crippen LogP contribution in [0.2, 0.25) is 0 Å². The Morgan fingerprint density at radius 3 is 2.37 bits per heavy atom. The van der Waals surface area contributed by atoms with Crippen molar-refractivity contribution in [1.29, 1.82) is 0 Å². The molecular weight excluding hydrogens is 438 g/mol. The van der Waals surface area contributed by atoms with Gasteiger partial charge in [0.05, 0.1) is 5.69 Å². The minimum Gasteiger partial charge on any atom is -0.428 e. The number of rotatable bonds is 4. The normalized spacial score (nSPS) is 11.4. The Hall–Kier alpha value is -4.45. The van der Waals surface area contributed by atoms with Gasteiger partial charge in [0.15, 0.2) is 5.82 Å². The molecule has 5 rings (SSSR count). The molecule has 0 atom stereocenters. The predicted molar refractivity (Wildman–Crippen MR) is 137 cm³/mol. The van der Waals surface area contributed by atoms with E-state index in [0.717, 1.165) is 16.7 Å². The Balaban J connectivity index is 1.56. The Morgan fingerprint density at radius 2 is 1.57 bits per heavy atom. The molecule has 5 aromatic rings. The second-order valence-electron chi connectivity index (χ2n) is 9.14. The van der Waals surface area contributed by atoms with Crippen LogP contribution in [0.15, 0.2) is 97.2 Å². The van der Waals surface area contributed by atoms with Crippen LogP contribution in [-0.4, -0.2) is 26.5 Å². The van der Waals surface area contributed by atoms with Crippen molar-refractivity contribution in [2.75, 3.05) is 0 Å². The lowest BCUT2D eigenvalue weighted by Crippen LogP contribution is -2.26. The van der Waals surface area contributed by atoms with E-state index in [-0.39, 0.29) is 5.88 Å². The highest BCUT2D eigenvalue weighted by atomic mass is 16.7. The van der Waals surface area contributed by atoms with Crippen molar-refractivity contribution in [2.24, 2.45) is 0 Å². The molecule has 0 unspecified atom stereocenters. The number of hydrogen-bond acceptors (Lipinski definition) is 5. The number of carbonyl (C=O) groups is 1. The second kappa shape index (κ2) is 9.06. The molecule has 0 radical (unpaired) electrons. The molecule has 2 heterocycles. The average Bonchev–Trinajstić information content (AvgIpc) is 3.27. The fraction of sp³-hybridized carbons (Fsp3) is 0.138. The lowest BCUT2D eigenvalue weighted by molar-refractivity contribution is 0.0192. The van der Waals surface area contributed by atoms with Gasteiger partial charge in [-0.05, 0) is 60.9 Å². The van der Waals surface area contributed by atoms with Crippen LogP contribution in [-0.2, 0) is 4.74 Å². The summed E-state index contributed by atoms with van der Waals surface area (Å²) in [5, 5.41) is 7.08. The molecule has 0 aliphatic heterocycles. The van der Waals surface area contributed by atoms with E-state index < -0.39 is 11.8 Å². The lowest BCUT2D eigenvalue weighted by Gasteiger charge is -2.18. The Morgan fingerprint density at radius 1 is 0.829 bits per heavy atom. The molecule has 0 N–H and O–H groups in total. The van der Waals surface area contributed by atoms with Gasteiger partial charge >= 0.3 is 6.16 Å². The van der Waals surface area contributed by atoms with Crippen molar-refractivity contribution in [3.05, 3.63) is 97.2 Å². The number of hydrogen-bond donors (Lipinski definition) is 0. The van der Waals surface area contributed by atoms with Crippen molar-refractivity contribution in [3.63, 3.8) is 0 Å². The lowest BCUT2D eigenvalue weighted by atomic mass is 9.96. The molecule has 3 aromatic carbocycles. The van der Waals surface area contributed by atoms with Crippen molar-refractivity contribution in [3.8, 4) is 34.1 Å². The maximum Gasteiger partial charge on any atom is 0.515 e. The van der Waals surface area contributed by atoms with E-state index >= 15 is 0 Å². The highest BCUT2D eigenvalue weighted by Gasteiger charge is 2.22. The highest BCUT2D eigenvalue weighted by Crippen LogP contribution is 2.33. The van der Waals surface area contributed by atoms with E-state index in [2.05, 4.69) is 47.4 Å². The summed E-state index contributed by atoms with van der Waals surface area (Å²) in [7, 11) is 0. The number of ether oxygens (including phenoxy) is 2. The molecule has 0 amide bonds. The fourth-order valence-corrected chi connectivity index (χ4v) is 3.90. The topological polar surface area (TPSA) is 66.2 Å². The Labute approximate surface area is 203 Å². The smallest absolute Gasteiger partial charge is 0.428 e. The predicted octanol–water partition coefficient (Wildman–Crippen LogP) is 7.07. The molecule has 6 nitrogen and oxygen atoms in total. The van der Waals surface area contributed by atoms with Gasteiger partial charge in [-0.1, -0.05) is 66.7 Å². The van der Waals surface area contributed by atoms with E-state index in [1.807, 2.05) is 36.4 Å². The van der Waals surface area contributed by atoms with Crippen LogP contribution in [0.25, 0.3) is 39.0 Å². The molecule has 0 saturated heterocycles. The quantitative estimate of drug-likeness (QED) is 0.267. The van der Waals surface area contributed by atoms with Crippen molar-refractivity contribution in [1.82, 2.24) is 14.8 Å². The first-order valence-electron chi connectivity index (χ1n) is 11.4. The minimum atomic E-state index is -0.800. The Kier molecular flexibility index (Phi) is 5.79. The summed E-state index contributed by atoms with van der Waals surface area (Å²) in [6, 6.07) is 29.9. The molecule has 2 aromatic heterocycles. The standard InChI is InChI=1S/C29H25N3O3/c1-29(2,3)35-28(33)34-27-19-25(31-32(27)26-16-6-7-17-30-26)22-13-8-12-21(18-22)24-15-9-11-20-10-4-5-14-23(20)24/h4-19H,1-3H3. The first kappa shape index (κ1) is 22.3. The third-order valence-electron chi connectivity index (χ3n) is 5.38. The molecule has 0 saturated carbocycles. The zero-order valence-electron chi connectivity index (χ0n) is 19.8. The third-order valence-corrected chi connectivity index (χ3v) is 5.38. The van der Waals surface area contributed by atoms with Gasteiger partial charge in [-0.25, -0.2) is 9.78 Å². The first-order valence-corrected chi connectivity index (χ1v) is 11.4. The van der Waals surface area contributed by atoms with Gasteiger partial charge in [0.2, 0.25) is 5.88 Å². The van der Waals surface area contributed by atoms with Gasteiger partial charge < -0.3 is 9.47 Å². The molecule has 0 spiro atoms. The first-order chi connectivity index (χ1) is 16.9. The van der Waals surface area contributed by atoms with Crippen LogP contribution in [0.4, 0.5) is 4.79 Å². The van der Waals surface area contributed by atoms with Gasteiger partial charge in [-0.2, -0.15) is 9.78 Å². The summed E-state index contributed by atoms with van der Waals surface area (Å²) >= 11 is 0. The highest BCUT2D eigenvalue weighted by molar-refractivity contribution is 5.97. The number of fused-ring (bicyclic) bond motifs is 1. The molecule has 0 aliphatic rings. The summed E-state index contributed by atoms with van der Waals surface area (Å²) in [6.07, 6.45) is 0.861. The number of benzene rings is 3. The summed E-state index contributed by atoms with van der Waals surface area (Å²) in [5.41, 5.74) is 3.07. The van der Waals surface area contributed by atoms with Gasteiger partial charge in [0, 0.05) is 17.8 Å². The van der Waals surface area contributed by atoms with Gasteiger partial charge in [-0.3, -0.25) is 0 Å². The molecule has 35 heavy (non-hydrogen) atoms. The SMILES string of the molecule is CC(C)(C)OC(=O)Oc1cc(-c2cccc(-c3cccc4ccccc34)c2)nn1-c1ccccn1. The largest absolute Gasteiger partial charge is 0.515 e. The van der Waals surface area contributed by atoms with E-state index in [1.54, 1.807) is 39.1 Å². The van der Waals surface area contributed by atoms with E-state index in [0.29, 0.717) is 11.5 Å². The molecule has 0 bridgehead atoms. The van der Waals surface area contributed by atoms with E-state index in [9.17, 15) is 4.79 Å². The van der Waals surface area contributed by atoms with Crippen LogP contribution in [0, 0.1) is 0 Å². The van der Waals surface area contributed by atoms with Crippen molar-refractivity contribution >= 4 is 16.9 Å². The van der Waals surface area contributed by atoms with Crippen LogP contribution in [0.5, 0.6) is 5.88 Å². The fourth-order valence-electron chi connectivity index (χ4n) is 3.90. The number of nitrogens with zero attached hydrogens (tertiary/aromatic N) is 3. The Bertz CT molecular complexity index is 1500. The van der Waals surface area contributed by atoms with Crippen molar-refractivity contribution < 1.29 is 14.3 Å². The van der Waals surface area contributed by atoms with Gasteiger partial charge in [0.25, 0.3) is 0 Å². The van der Waals surface area contributed by atoms with E-state index in [1.165, 1.54) is 15.5 Å².